The summed E-state index contributed by atoms with van der Waals surface area (Å²) in [6.07, 6.45) is 0. The van der Waals surface area contributed by atoms with E-state index in [1.807, 2.05) is 0 Å². The number of halogens is 1. The molecule has 27 heavy (non-hydrogen) atoms. The number of sulfonamides is 1. The van der Waals surface area contributed by atoms with Crippen LogP contribution in [0.25, 0.3) is 11.0 Å². The Bertz CT molecular complexity index is 1100. The van der Waals surface area contributed by atoms with Crippen LogP contribution >= 0.6 is 23.4 Å². The van der Waals surface area contributed by atoms with Crippen molar-refractivity contribution in [3.8, 4) is 0 Å². The maximum Gasteiger partial charge on any atom is 0.242 e. The highest BCUT2D eigenvalue weighted by Crippen LogP contribution is 2.23. The first-order chi connectivity index (χ1) is 12.8. The highest BCUT2D eigenvalue weighted by atomic mass is 35.5. The zero-order valence-corrected chi connectivity index (χ0v) is 17.0. The molecule has 0 fully saturated rings. The van der Waals surface area contributed by atoms with Crippen LogP contribution in [0.5, 0.6) is 0 Å². The van der Waals surface area contributed by atoms with Crippen molar-refractivity contribution in [2.24, 2.45) is 0 Å². The van der Waals surface area contributed by atoms with Crippen molar-refractivity contribution < 1.29 is 13.2 Å². The molecule has 1 amide bonds. The number of hydrogen-bond donors (Lipinski definition) is 2. The molecule has 0 atom stereocenters. The molecular weight excluding hydrogens is 408 g/mol. The summed E-state index contributed by atoms with van der Waals surface area (Å²) >= 11 is 7.19. The van der Waals surface area contributed by atoms with E-state index < -0.39 is 10.0 Å². The zero-order valence-electron chi connectivity index (χ0n) is 14.6. The van der Waals surface area contributed by atoms with Gasteiger partial charge in [0.25, 0.3) is 0 Å². The van der Waals surface area contributed by atoms with Gasteiger partial charge in [0, 0.05) is 24.8 Å². The SMILES string of the molecule is CN(C)S(=O)(=O)c1cccc(NC(=O)CSc2nc3ccc(Cl)cc3[nH]2)c1. The van der Waals surface area contributed by atoms with Gasteiger partial charge in [-0.3, -0.25) is 4.79 Å². The van der Waals surface area contributed by atoms with Gasteiger partial charge >= 0.3 is 0 Å². The molecule has 0 aliphatic carbocycles. The van der Waals surface area contributed by atoms with E-state index in [0.717, 1.165) is 15.3 Å². The zero-order chi connectivity index (χ0) is 19.6. The lowest BCUT2D eigenvalue weighted by molar-refractivity contribution is -0.113. The molecule has 0 bridgehead atoms. The second-order valence-electron chi connectivity index (χ2n) is 5.86. The van der Waals surface area contributed by atoms with Gasteiger partial charge in [0.05, 0.1) is 21.7 Å². The number of imidazole rings is 1. The molecule has 2 N–H and O–H groups in total. The van der Waals surface area contributed by atoms with Gasteiger partial charge < -0.3 is 10.3 Å². The fourth-order valence-electron chi connectivity index (χ4n) is 2.30. The molecule has 10 heteroatoms. The predicted octanol–water partition coefficient (Wildman–Crippen LogP) is 3.20. The summed E-state index contributed by atoms with van der Waals surface area (Å²) in [4.78, 5) is 19.8. The number of amides is 1. The highest BCUT2D eigenvalue weighted by Gasteiger charge is 2.17. The molecule has 7 nitrogen and oxygen atoms in total. The van der Waals surface area contributed by atoms with Crippen molar-refractivity contribution in [1.82, 2.24) is 14.3 Å². The number of aromatic amines is 1. The number of thioether (sulfide) groups is 1. The first kappa shape index (κ1) is 19.7. The van der Waals surface area contributed by atoms with Crippen molar-refractivity contribution in [2.75, 3.05) is 25.2 Å². The van der Waals surface area contributed by atoms with Gasteiger partial charge in [0.1, 0.15) is 0 Å². The van der Waals surface area contributed by atoms with Gasteiger partial charge in [0.2, 0.25) is 15.9 Å². The average molecular weight is 425 g/mol. The Labute approximate surface area is 166 Å². The highest BCUT2D eigenvalue weighted by molar-refractivity contribution is 7.99. The van der Waals surface area contributed by atoms with Crippen LogP contribution in [0, 0.1) is 0 Å². The second kappa shape index (κ2) is 7.89. The fraction of sp³-hybridized carbons (Fsp3) is 0.176. The summed E-state index contributed by atoms with van der Waals surface area (Å²) < 4.78 is 25.5. The maximum absolute atomic E-state index is 12.2. The average Bonchev–Trinajstić information content (AvgIpc) is 3.02. The summed E-state index contributed by atoms with van der Waals surface area (Å²) in [6.45, 7) is 0. The summed E-state index contributed by atoms with van der Waals surface area (Å²) in [7, 11) is -0.646. The Hall–Kier alpha value is -2.07. The van der Waals surface area contributed by atoms with Gasteiger partial charge in [-0.2, -0.15) is 0 Å². The number of benzene rings is 2. The molecule has 0 radical (unpaired) electrons. The molecule has 1 heterocycles. The normalized spacial score (nSPS) is 11.9. The predicted molar refractivity (Wildman–Crippen MR) is 108 cm³/mol. The van der Waals surface area contributed by atoms with Crippen LogP contribution in [-0.4, -0.2) is 48.4 Å². The largest absolute Gasteiger partial charge is 0.333 e. The van der Waals surface area contributed by atoms with Crippen LogP contribution in [0.2, 0.25) is 5.02 Å². The number of anilines is 1. The fourth-order valence-corrected chi connectivity index (χ4v) is 4.11. The van der Waals surface area contributed by atoms with Gasteiger partial charge in [0.15, 0.2) is 5.16 Å². The van der Waals surface area contributed by atoms with E-state index in [1.165, 1.54) is 38.0 Å². The van der Waals surface area contributed by atoms with E-state index in [-0.39, 0.29) is 16.6 Å². The standard InChI is InChI=1S/C17H17ClN4O3S2/c1-22(2)27(24,25)13-5-3-4-12(9-13)19-16(23)10-26-17-20-14-7-6-11(18)8-15(14)21-17/h3-9H,10H2,1-2H3,(H,19,23)(H,20,21). The summed E-state index contributed by atoms with van der Waals surface area (Å²) in [5.41, 5.74) is 1.98. The molecule has 2 aromatic carbocycles. The second-order valence-corrected chi connectivity index (χ2v) is 9.41. The van der Waals surface area contributed by atoms with E-state index >= 15 is 0 Å². The van der Waals surface area contributed by atoms with Crippen LogP contribution in [0.15, 0.2) is 52.5 Å². The Morgan fingerprint density at radius 3 is 2.78 bits per heavy atom. The smallest absolute Gasteiger partial charge is 0.242 e. The Morgan fingerprint density at radius 1 is 1.26 bits per heavy atom. The molecule has 0 saturated carbocycles. The minimum atomic E-state index is -3.56. The van der Waals surface area contributed by atoms with E-state index in [9.17, 15) is 13.2 Å². The van der Waals surface area contributed by atoms with Crippen molar-refractivity contribution in [3.05, 3.63) is 47.5 Å². The van der Waals surface area contributed by atoms with Crippen molar-refractivity contribution >= 4 is 56.0 Å². The maximum atomic E-state index is 12.2. The van der Waals surface area contributed by atoms with Gasteiger partial charge in [-0.05, 0) is 36.4 Å². The number of fused-ring (bicyclic) bond motifs is 1. The number of rotatable bonds is 6. The molecule has 0 aliphatic heterocycles. The quantitative estimate of drug-likeness (QED) is 0.592. The lowest BCUT2D eigenvalue weighted by Gasteiger charge is -2.12. The minimum absolute atomic E-state index is 0.118. The third-order valence-corrected chi connectivity index (χ3v) is 6.58. The first-order valence-corrected chi connectivity index (χ1v) is 10.7. The molecule has 142 valence electrons. The third kappa shape index (κ3) is 4.62. The van der Waals surface area contributed by atoms with Crippen LogP contribution in [0.4, 0.5) is 5.69 Å². The molecular formula is C17H17ClN4O3S2. The van der Waals surface area contributed by atoms with Crippen molar-refractivity contribution in [2.45, 2.75) is 10.1 Å². The van der Waals surface area contributed by atoms with Crippen LogP contribution in [0.3, 0.4) is 0 Å². The number of aromatic nitrogens is 2. The Balaban J connectivity index is 1.65. The molecule has 0 spiro atoms. The molecule has 3 rings (SSSR count). The molecule has 0 aliphatic rings. The monoisotopic (exact) mass is 424 g/mol. The molecule has 1 aromatic heterocycles. The van der Waals surface area contributed by atoms with Gasteiger partial charge in [-0.25, -0.2) is 17.7 Å². The summed E-state index contributed by atoms with van der Waals surface area (Å²) in [6, 6.07) is 11.5. The van der Waals surface area contributed by atoms with Gasteiger partial charge in [-0.1, -0.05) is 29.4 Å². The first-order valence-electron chi connectivity index (χ1n) is 7.86. The van der Waals surface area contributed by atoms with E-state index in [4.69, 9.17) is 11.6 Å². The number of nitrogens with one attached hydrogen (secondary N) is 2. The number of H-pyrrole nitrogens is 1. The molecule has 0 saturated heterocycles. The van der Waals surface area contributed by atoms with E-state index in [1.54, 1.807) is 30.3 Å². The number of carbonyl (C=O) groups excluding carboxylic acids is 1. The number of nitrogens with zero attached hydrogens (tertiary/aromatic N) is 2. The van der Waals surface area contributed by atoms with Crippen molar-refractivity contribution in [1.29, 1.82) is 0 Å². The number of carbonyl (C=O) groups is 1. The molecule has 0 unspecified atom stereocenters. The summed E-state index contributed by atoms with van der Waals surface area (Å²) in [5.74, 6) is -0.143. The summed E-state index contributed by atoms with van der Waals surface area (Å²) in [5, 5.41) is 3.91. The van der Waals surface area contributed by atoms with Crippen LogP contribution in [0.1, 0.15) is 0 Å². The lowest BCUT2D eigenvalue weighted by Crippen LogP contribution is -2.22. The Kier molecular flexibility index (Phi) is 5.75. The molecule has 3 aromatic rings. The topological polar surface area (TPSA) is 95.2 Å². The third-order valence-electron chi connectivity index (χ3n) is 3.66. The minimum Gasteiger partial charge on any atom is -0.333 e. The van der Waals surface area contributed by atoms with E-state index in [0.29, 0.717) is 15.9 Å². The van der Waals surface area contributed by atoms with Crippen LogP contribution in [-0.2, 0) is 14.8 Å². The number of hydrogen-bond acceptors (Lipinski definition) is 5. The van der Waals surface area contributed by atoms with Gasteiger partial charge in [-0.15, -0.1) is 0 Å². The van der Waals surface area contributed by atoms with Crippen LogP contribution < -0.4 is 5.32 Å². The van der Waals surface area contributed by atoms with Crippen molar-refractivity contribution in [3.63, 3.8) is 0 Å². The Morgan fingerprint density at radius 2 is 2.04 bits per heavy atom. The van der Waals surface area contributed by atoms with E-state index in [2.05, 4.69) is 15.3 Å². The lowest BCUT2D eigenvalue weighted by atomic mass is 10.3.